The number of benzene rings is 1. The molecule has 1 rings (SSSR count). The predicted octanol–water partition coefficient (Wildman–Crippen LogP) is 3.54. The molecule has 0 aliphatic carbocycles. The van der Waals surface area contributed by atoms with Crippen molar-refractivity contribution in [3.8, 4) is 5.75 Å². The minimum Gasteiger partial charge on any atom is -0.496 e. The van der Waals surface area contributed by atoms with Gasteiger partial charge in [-0.25, -0.2) is 0 Å². The van der Waals surface area contributed by atoms with E-state index in [0.717, 1.165) is 23.7 Å². The zero-order valence-electron chi connectivity index (χ0n) is 11.8. The fourth-order valence-corrected chi connectivity index (χ4v) is 2.58. The van der Waals surface area contributed by atoms with Gasteiger partial charge in [0.1, 0.15) is 5.75 Å². The fourth-order valence-electron chi connectivity index (χ4n) is 1.94. The molecule has 0 saturated carbocycles. The molecular formula is C15H22BrNO2. The lowest BCUT2D eigenvalue weighted by Crippen LogP contribution is -2.29. The first-order valence-electron chi connectivity index (χ1n) is 6.61. The number of carbonyl (C=O) groups is 1. The topological polar surface area (TPSA) is 38.3 Å². The Kier molecular flexibility index (Phi) is 6.92. The van der Waals surface area contributed by atoms with Crippen molar-refractivity contribution >= 4 is 21.8 Å². The molecule has 0 radical (unpaired) electrons. The smallest absolute Gasteiger partial charge is 0.255 e. The van der Waals surface area contributed by atoms with E-state index >= 15 is 0 Å². The maximum Gasteiger partial charge on any atom is 0.255 e. The summed E-state index contributed by atoms with van der Waals surface area (Å²) in [6.45, 7) is 4.82. The summed E-state index contributed by atoms with van der Waals surface area (Å²) in [4.78, 5) is 12.2. The van der Waals surface area contributed by atoms with Crippen molar-refractivity contribution in [3.05, 3.63) is 29.3 Å². The SMILES string of the molecule is CCC(CCBr)CNC(=O)c1cc(C)ccc1OC. The van der Waals surface area contributed by atoms with E-state index < -0.39 is 0 Å². The van der Waals surface area contributed by atoms with Crippen LogP contribution in [0.3, 0.4) is 0 Å². The van der Waals surface area contributed by atoms with Crippen molar-refractivity contribution in [3.63, 3.8) is 0 Å². The summed E-state index contributed by atoms with van der Waals surface area (Å²) in [6.07, 6.45) is 2.14. The first kappa shape index (κ1) is 16.0. The van der Waals surface area contributed by atoms with E-state index in [1.165, 1.54) is 0 Å². The first-order chi connectivity index (χ1) is 9.12. The minimum absolute atomic E-state index is 0.0615. The highest BCUT2D eigenvalue weighted by Crippen LogP contribution is 2.19. The summed E-state index contributed by atoms with van der Waals surface area (Å²) in [6, 6.07) is 5.63. The van der Waals surface area contributed by atoms with Crippen LogP contribution in [0.1, 0.15) is 35.7 Å². The van der Waals surface area contributed by atoms with Gasteiger partial charge in [-0.2, -0.15) is 0 Å². The molecule has 0 saturated heterocycles. The molecule has 1 N–H and O–H groups in total. The Morgan fingerprint density at radius 3 is 2.79 bits per heavy atom. The van der Waals surface area contributed by atoms with Crippen LogP contribution in [0.2, 0.25) is 0 Å². The molecule has 4 heteroatoms. The molecule has 3 nitrogen and oxygen atoms in total. The van der Waals surface area contributed by atoms with E-state index in [1.54, 1.807) is 7.11 Å². The molecule has 1 atom stereocenters. The number of hydrogen-bond donors (Lipinski definition) is 1. The Morgan fingerprint density at radius 1 is 1.47 bits per heavy atom. The van der Waals surface area contributed by atoms with Crippen LogP contribution in [0, 0.1) is 12.8 Å². The number of amides is 1. The summed E-state index contributed by atoms with van der Waals surface area (Å²) in [5.74, 6) is 1.07. The first-order valence-corrected chi connectivity index (χ1v) is 7.73. The standard InChI is InChI=1S/C15H22BrNO2/c1-4-12(7-8-16)10-17-15(18)13-9-11(2)5-6-14(13)19-3/h5-6,9,12H,4,7-8,10H2,1-3H3,(H,17,18). The maximum atomic E-state index is 12.2. The Hall–Kier alpha value is -1.03. The summed E-state index contributed by atoms with van der Waals surface area (Å²) in [5.41, 5.74) is 1.66. The van der Waals surface area contributed by atoms with E-state index in [0.29, 0.717) is 23.8 Å². The lowest BCUT2D eigenvalue weighted by Gasteiger charge is -2.15. The molecule has 0 aliphatic rings. The molecule has 0 fully saturated rings. The van der Waals surface area contributed by atoms with E-state index in [1.807, 2.05) is 25.1 Å². The highest BCUT2D eigenvalue weighted by atomic mass is 79.9. The largest absolute Gasteiger partial charge is 0.496 e. The predicted molar refractivity (Wildman–Crippen MR) is 82.3 cm³/mol. The van der Waals surface area contributed by atoms with Crippen molar-refractivity contribution in [1.82, 2.24) is 5.32 Å². The lowest BCUT2D eigenvalue weighted by molar-refractivity contribution is 0.0943. The third-order valence-corrected chi connectivity index (χ3v) is 3.70. The Labute approximate surface area is 123 Å². The number of aryl methyl sites for hydroxylation is 1. The molecule has 1 aromatic rings. The number of methoxy groups -OCH3 is 1. The van der Waals surface area contributed by atoms with E-state index in [4.69, 9.17) is 4.74 Å². The summed E-state index contributed by atoms with van der Waals surface area (Å²) < 4.78 is 5.23. The summed E-state index contributed by atoms with van der Waals surface area (Å²) >= 11 is 3.44. The van der Waals surface area contributed by atoms with Crippen LogP contribution < -0.4 is 10.1 Å². The zero-order valence-corrected chi connectivity index (χ0v) is 13.4. The summed E-state index contributed by atoms with van der Waals surface area (Å²) in [5, 5.41) is 3.96. The zero-order chi connectivity index (χ0) is 14.3. The second-order valence-corrected chi connectivity index (χ2v) is 5.46. The number of rotatable bonds is 7. The van der Waals surface area contributed by atoms with Crippen molar-refractivity contribution in [1.29, 1.82) is 0 Å². The number of carbonyl (C=O) groups excluding carboxylic acids is 1. The van der Waals surface area contributed by atoms with Crippen LogP contribution >= 0.6 is 15.9 Å². The van der Waals surface area contributed by atoms with Gasteiger partial charge >= 0.3 is 0 Å². The van der Waals surface area contributed by atoms with Gasteiger partial charge in [-0.1, -0.05) is 40.9 Å². The number of hydrogen-bond acceptors (Lipinski definition) is 2. The van der Waals surface area contributed by atoms with Gasteiger partial charge in [0.05, 0.1) is 12.7 Å². The van der Waals surface area contributed by atoms with Gasteiger partial charge in [0.15, 0.2) is 0 Å². The van der Waals surface area contributed by atoms with Gasteiger partial charge in [0.2, 0.25) is 0 Å². The van der Waals surface area contributed by atoms with Gasteiger partial charge in [-0.3, -0.25) is 4.79 Å². The third kappa shape index (κ3) is 4.86. The molecule has 0 aliphatic heterocycles. The number of halogens is 1. The number of alkyl halides is 1. The normalized spacial score (nSPS) is 12.0. The van der Waals surface area contributed by atoms with E-state index in [-0.39, 0.29) is 5.91 Å². The Bertz CT molecular complexity index is 421. The van der Waals surface area contributed by atoms with Gasteiger partial charge < -0.3 is 10.1 Å². The van der Waals surface area contributed by atoms with Crippen LogP contribution in [-0.2, 0) is 0 Å². The van der Waals surface area contributed by atoms with Gasteiger partial charge in [-0.15, -0.1) is 0 Å². The summed E-state index contributed by atoms with van der Waals surface area (Å²) in [7, 11) is 1.58. The van der Waals surface area contributed by atoms with Crippen LogP contribution in [0.4, 0.5) is 0 Å². The number of nitrogens with one attached hydrogen (secondary N) is 1. The fraction of sp³-hybridized carbons (Fsp3) is 0.533. The minimum atomic E-state index is -0.0615. The van der Waals surface area contributed by atoms with Gasteiger partial charge in [0.25, 0.3) is 5.91 Å². The molecule has 1 aromatic carbocycles. The van der Waals surface area contributed by atoms with Crippen LogP contribution in [0.5, 0.6) is 5.75 Å². The van der Waals surface area contributed by atoms with Crippen LogP contribution in [-0.4, -0.2) is 24.9 Å². The van der Waals surface area contributed by atoms with Crippen molar-refractivity contribution in [2.45, 2.75) is 26.7 Å². The quantitative estimate of drug-likeness (QED) is 0.778. The molecule has 106 valence electrons. The average molecular weight is 328 g/mol. The molecule has 0 aromatic heterocycles. The Balaban J connectivity index is 2.69. The van der Waals surface area contributed by atoms with Crippen LogP contribution in [0.15, 0.2) is 18.2 Å². The monoisotopic (exact) mass is 327 g/mol. The third-order valence-electron chi connectivity index (χ3n) is 3.25. The van der Waals surface area contributed by atoms with Gasteiger partial charge in [0, 0.05) is 11.9 Å². The van der Waals surface area contributed by atoms with Crippen molar-refractivity contribution in [2.24, 2.45) is 5.92 Å². The average Bonchev–Trinajstić information content (AvgIpc) is 2.43. The molecule has 0 spiro atoms. The van der Waals surface area contributed by atoms with E-state index in [2.05, 4.69) is 28.2 Å². The molecule has 19 heavy (non-hydrogen) atoms. The van der Waals surface area contributed by atoms with Crippen LogP contribution in [0.25, 0.3) is 0 Å². The molecule has 1 amide bonds. The molecule has 1 unspecified atom stereocenters. The van der Waals surface area contributed by atoms with Crippen molar-refractivity contribution < 1.29 is 9.53 Å². The number of ether oxygens (including phenoxy) is 1. The van der Waals surface area contributed by atoms with E-state index in [9.17, 15) is 4.79 Å². The second kappa shape index (κ2) is 8.20. The molecule has 0 heterocycles. The highest BCUT2D eigenvalue weighted by molar-refractivity contribution is 9.09. The van der Waals surface area contributed by atoms with Gasteiger partial charge in [-0.05, 0) is 31.4 Å². The molecule has 0 bridgehead atoms. The highest BCUT2D eigenvalue weighted by Gasteiger charge is 2.14. The van der Waals surface area contributed by atoms with Crippen molar-refractivity contribution in [2.75, 3.05) is 19.0 Å². The molecular weight excluding hydrogens is 306 g/mol. The Morgan fingerprint density at radius 2 is 2.21 bits per heavy atom. The second-order valence-electron chi connectivity index (χ2n) is 4.67. The lowest BCUT2D eigenvalue weighted by atomic mass is 10.0. The maximum absolute atomic E-state index is 12.2.